The number of amides is 2. The zero-order valence-electron chi connectivity index (χ0n) is 17.7. The van der Waals surface area contributed by atoms with E-state index in [1.54, 1.807) is 32.0 Å². The summed E-state index contributed by atoms with van der Waals surface area (Å²) in [7, 11) is 0. The fourth-order valence-electron chi connectivity index (χ4n) is 5.85. The van der Waals surface area contributed by atoms with Crippen molar-refractivity contribution in [3.8, 4) is 5.75 Å². The topological polar surface area (TPSA) is 91.8 Å². The highest BCUT2D eigenvalue weighted by atomic mass is 79.9. The number of carbonyl (C=O) groups is 4. The Labute approximate surface area is 193 Å². The lowest BCUT2D eigenvalue weighted by atomic mass is 9.59. The molecule has 164 valence electrons. The molecule has 1 saturated heterocycles. The fourth-order valence-corrected chi connectivity index (χ4v) is 6.23. The largest absolute Gasteiger partial charge is 0.508 e. The molecule has 1 fully saturated rings. The molecule has 1 aliphatic heterocycles. The van der Waals surface area contributed by atoms with Crippen molar-refractivity contribution in [2.75, 3.05) is 6.54 Å². The molecule has 32 heavy (non-hydrogen) atoms. The van der Waals surface area contributed by atoms with Gasteiger partial charge in [-0.15, -0.1) is 0 Å². The molecule has 2 amide bonds. The fraction of sp³-hybridized carbons (Fsp3) is 0.360. The molecule has 3 aliphatic carbocycles. The summed E-state index contributed by atoms with van der Waals surface area (Å²) in [6.07, 6.45) is 3.96. The van der Waals surface area contributed by atoms with Crippen molar-refractivity contribution in [1.29, 1.82) is 0 Å². The molecule has 4 atom stereocenters. The van der Waals surface area contributed by atoms with E-state index in [9.17, 15) is 24.3 Å². The molecular weight excluding hydrogens is 474 g/mol. The van der Waals surface area contributed by atoms with Crippen LogP contribution in [0.15, 0.2) is 57.1 Å². The third-order valence-corrected chi connectivity index (χ3v) is 7.77. The number of likely N-dealkylation sites (tertiary alicyclic amines) is 1. The van der Waals surface area contributed by atoms with Crippen molar-refractivity contribution in [2.45, 2.75) is 32.6 Å². The summed E-state index contributed by atoms with van der Waals surface area (Å²) in [6.45, 7) is 3.72. The molecule has 1 aromatic carbocycles. The van der Waals surface area contributed by atoms with Crippen molar-refractivity contribution < 1.29 is 24.3 Å². The number of allylic oxidation sites excluding steroid dienone is 6. The number of phenols is 1. The summed E-state index contributed by atoms with van der Waals surface area (Å²) in [6, 6.07) is 5.01. The van der Waals surface area contributed by atoms with Gasteiger partial charge in [0.15, 0.2) is 11.6 Å². The monoisotopic (exact) mass is 495 g/mol. The standard InChI is InChI=1S/C25H22BrNO5/c1-3-27-24(31)14-6-5-13-15(21(14)25(27)32)10-17-19(29)8-11(2)23(30)22(17)20(13)16-9-12(26)4-7-18(16)28/h4-5,7-9,14-15,20-21,28H,3,6,10H2,1-2H3. The molecule has 7 heteroatoms. The van der Waals surface area contributed by atoms with Gasteiger partial charge in [-0.25, -0.2) is 0 Å². The van der Waals surface area contributed by atoms with Crippen LogP contribution >= 0.6 is 15.9 Å². The van der Waals surface area contributed by atoms with Crippen LogP contribution in [0.3, 0.4) is 0 Å². The number of phenolic OH excluding ortho intramolecular Hbond substituents is 1. The highest BCUT2D eigenvalue weighted by Gasteiger charge is 2.56. The molecule has 0 spiro atoms. The number of ketones is 2. The van der Waals surface area contributed by atoms with Crippen LogP contribution < -0.4 is 0 Å². The van der Waals surface area contributed by atoms with Crippen LogP contribution in [0.25, 0.3) is 0 Å². The average Bonchev–Trinajstić information content (AvgIpc) is 3.02. The number of hydrogen-bond donors (Lipinski definition) is 1. The minimum atomic E-state index is -0.638. The van der Waals surface area contributed by atoms with E-state index < -0.39 is 17.8 Å². The van der Waals surface area contributed by atoms with Gasteiger partial charge in [0, 0.05) is 39.2 Å². The Bertz CT molecular complexity index is 1210. The lowest BCUT2D eigenvalue weighted by molar-refractivity contribution is -0.139. The molecule has 4 unspecified atom stereocenters. The van der Waals surface area contributed by atoms with Gasteiger partial charge in [0.05, 0.1) is 11.8 Å². The molecule has 1 N–H and O–H groups in total. The third-order valence-electron chi connectivity index (χ3n) is 7.27. The zero-order valence-corrected chi connectivity index (χ0v) is 19.3. The average molecular weight is 496 g/mol. The second-order valence-electron chi connectivity index (χ2n) is 8.85. The van der Waals surface area contributed by atoms with Gasteiger partial charge in [-0.3, -0.25) is 24.1 Å². The van der Waals surface area contributed by atoms with E-state index in [0.29, 0.717) is 35.2 Å². The van der Waals surface area contributed by atoms with E-state index in [1.807, 2.05) is 6.08 Å². The summed E-state index contributed by atoms with van der Waals surface area (Å²) in [5, 5.41) is 10.7. The SMILES string of the molecule is CCN1C(=O)C2CC=C3C(c4cc(Br)ccc4O)C4=C(CC3C2C1=O)C(=O)C=C(C)C4=O. The van der Waals surface area contributed by atoms with Crippen molar-refractivity contribution in [3.63, 3.8) is 0 Å². The van der Waals surface area contributed by atoms with E-state index in [2.05, 4.69) is 15.9 Å². The van der Waals surface area contributed by atoms with Crippen molar-refractivity contribution in [2.24, 2.45) is 17.8 Å². The summed E-state index contributed by atoms with van der Waals surface area (Å²) < 4.78 is 0.731. The van der Waals surface area contributed by atoms with Crippen LogP contribution in [0.5, 0.6) is 5.75 Å². The number of aromatic hydroxyl groups is 1. The van der Waals surface area contributed by atoms with E-state index in [-0.39, 0.29) is 41.5 Å². The summed E-state index contributed by atoms with van der Waals surface area (Å²) in [5.41, 5.74) is 2.50. The first-order valence-corrected chi connectivity index (χ1v) is 11.6. The van der Waals surface area contributed by atoms with Crippen LogP contribution in [0.1, 0.15) is 38.2 Å². The van der Waals surface area contributed by atoms with Crippen LogP contribution in [0, 0.1) is 17.8 Å². The van der Waals surface area contributed by atoms with E-state index >= 15 is 0 Å². The highest BCUT2D eigenvalue weighted by molar-refractivity contribution is 9.10. The Morgan fingerprint density at radius 2 is 1.88 bits per heavy atom. The normalized spacial score (nSPS) is 29.5. The first-order valence-electron chi connectivity index (χ1n) is 10.8. The Morgan fingerprint density at radius 3 is 2.59 bits per heavy atom. The highest BCUT2D eigenvalue weighted by Crippen LogP contribution is 2.56. The van der Waals surface area contributed by atoms with Crippen molar-refractivity contribution in [1.82, 2.24) is 4.90 Å². The van der Waals surface area contributed by atoms with Gasteiger partial charge >= 0.3 is 0 Å². The summed E-state index contributed by atoms with van der Waals surface area (Å²) in [5.74, 6) is -2.80. The number of imide groups is 1. The van der Waals surface area contributed by atoms with Crippen molar-refractivity contribution >= 4 is 39.3 Å². The Kier molecular flexibility index (Phi) is 4.85. The van der Waals surface area contributed by atoms with Gasteiger partial charge in [0.25, 0.3) is 0 Å². The molecule has 5 rings (SSSR count). The van der Waals surface area contributed by atoms with Crippen LogP contribution in [0.2, 0.25) is 0 Å². The number of carbonyl (C=O) groups excluding carboxylic acids is 4. The predicted molar refractivity (Wildman–Crippen MR) is 120 cm³/mol. The molecule has 1 heterocycles. The first kappa shape index (κ1) is 21.1. The first-order chi connectivity index (χ1) is 15.2. The molecule has 0 bridgehead atoms. The molecule has 0 saturated carbocycles. The minimum absolute atomic E-state index is 0.0187. The number of Topliss-reactive ketones (excluding diaryl/α,β-unsaturated/α-hetero) is 1. The molecule has 6 nitrogen and oxygen atoms in total. The van der Waals surface area contributed by atoms with Crippen LogP contribution in [-0.2, 0) is 19.2 Å². The lowest BCUT2D eigenvalue weighted by Crippen LogP contribution is -2.39. The zero-order chi connectivity index (χ0) is 22.9. The van der Waals surface area contributed by atoms with Gasteiger partial charge in [-0.2, -0.15) is 0 Å². The minimum Gasteiger partial charge on any atom is -0.508 e. The Balaban J connectivity index is 1.73. The number of rotatable bonds is 2. The van der Waals surface area contributed by atoms with Crippen LogP contribution in [0.4, 0.5) is 0 Å². The maximum Gasteiger partial charge on any atom is 0.233 e. The maximum absolute atomic E-state index is 13.3. The number of halogens is 1. The smallest absolute Gasteiger partial charge is 0.233 e. The van der Waals surface area contributed by atoms with Crippen molar-refractivity contribution in [3.05, 3.63) is 62.7 Å². The number of hydrogen-bond acceptors (Lipinski definition) is 5. The number of nitrogens with zero attached hydrogens (tertiary/aromatic N) is 1. The van der Waals surface area contributed by atoms with E-state index in [1.165, 1.54) is 11.0 Å². The van der Waals surface area contributed by atoms with Gasteiger partial charge in [0.2, 0.25) is 11.8 Å². The molecule has 0 aromatic heterocycles. The number of fused-ring (bicyclic) bond motifs is 3. The van der Waals surface area contributed by atoms with Gasteiger partial charge < -0.3 is 5.11 Å². The lowest BCUT2D eigenvalue weighted by Gasteiger charge is -2.42. The second-order valence-corrected chi connectivity index (χ2v) is 9.77. The summed E-state index contributed by atoms with van der Waals surface area (Å²) >= 11 is 3.44. The number of benzene rings is 1. The predicted octanol–water partition coefficient (Wildman–Crippen LogP) is 3.60. The van der Waals surface area contributed by atoms with E-state index in [0.717, 1.165) is 10.0 Å². The molecule has 4 aliphatic rings. The summed E-state index contributed by atoms with van der Waals surface area (Å²) in [4.78, 5) is 53.6. The third kappa shape index (κ3) is 2.83. The second kappa shape index (κ2) is 7.37. The molecule has 0 radical (unpaired) electrons. The quantitative estimate of drug-likeness (QED) is 0.384. The Hall–Kier alpha value is -2.80. The molecule has 1 aromatic rings. The maximum atomic E-state index is 13.3. The van der Waals surface area contributed by atoms with Gasteiger partial charge in [0.1, 0.15) is 5.75 Å². The van der Waals surface area contributed by atoms with Crippen LogP contribution in [-0.4, -0.2) is 39.9 Å². The van der Waals surface area contributed by atoms with E-state index in [4.69, 9.17) is 0 Å². The Morgan fingerprint density at radius 1 is 1.12 bits per heavy atom. The molecular formula is C25H22BrNO5. The van der Waals surface area contributed by atoms with Gasteiger partial charge in [-0.05, 0) is 56.9 Å². The van der Waals surface area contributed by atoms with Gasteiger partial charge in [-0.1, -0.05) is 27.6 Å².